The molecule has 2 heterocycles. The number of hydrogen-bond acceptors (Lipinski definition) is 3. The highest BCUT2D eigenvalue weighted by atomic mass is 32.1. The molecule has 1 N–H and O–H groups in total. The molecule has 0 aliphatic rings. The first-order valence-corrected chi connectivity index (χ1v) is 7.81. The lowest BCUT2D eigenvalue weighted by molar-refractivity contribution is 1.18. The van der Waals surface area contributed by atoms with Crippen LogP contribution in [0.5, 0.6) is 0 Å². The van der Waals surface area contributed by atoms with Crippen molar-refractivity contribution in [2.45, 2.75) is 6.54 Å². The number of benzene rings is 2. The molecule has 0 fully saturated rings. The van der Waals surface area contributed by atoms with Crippen LogP contribution in [0, 0.1) is 0 Å². The Balaban J connectivity index is 1.67. The second-order valence-corrected chi connectivity index (χ2v) is 5.92. The molecule has 0 bridgehead atoms. The van der Waals surface area contributed by atoms with Crippen LogP contribution in [-0.2, 0) is 6.54 Å². The first-order chi connectivity index (χ1) is 10.4. The van der Waals surface area contributed by atoms with Gasteiger partial charge in [-0.2, -0.15) is 0 Å². The van der Waals surface area contributed by atoms with Crippen molar-refractivity contribution in [2.75, 3.05) is 5.32 Å². The summed E-state index contributed by atoms with van der Waals surface area (Å²) in [6.45, 7) is 0.839. The maximum Gasteiger partial charge on any atom is 0.0423 e. The van der Waals surface area contributed by atoms with Crippen LogP contribution in [0.15, 0.2) is 66.3 Å². The Kier molecular flexibility index (Phi) is 3.05. The van der Waals surface area contributed by atoms with Gasteiger partial charge in [-0.05, 0) is 34.5 Å². The molecule has 3 heteroatoms. The van der Waals surface area contributed by atoms with E-state index in [2.05, 4.69) is 64.2 Å². The fourth-order valence-corrected chi connectivity index (χ4v) is 3.60. The third-order valence-corrected chi connectivity index (χ3v) is 4.72. The van der Waals surface area contributed by atoms with Crippen LogP contribution < -0.4 is 5.32 Å². The van der Waals surface area contributed by atoms with Gasteiger partial charge in [0.05, 0.1) is 0 Å². The Hall–Kier alpha value is -2.39. The van der Waals surface area contributed by atoms with Crippen LogP contribution in [0.25, 0.3) is 20.9 Å². The lowest BCUT2D eigenvalue weighted by Crippen LogP contribution is -1.99. The quantitative estimate of drug-likeness (QED) is 0.570. The van der Waals surface area contributed by atoms with Crippen LogP contribution in [0.2, 0.25) is 0 Å². The average Bonchev–Trinajstić information content (AvgIpc) is 2.96. The van der Waals surface area contributed by atoms with Crippen molar-refractivity contribution in [3.05, 3.63) is 71.9 Å². The monoisotopic (exact) mass is 290 g/mol. The molecule has 21 heavy (non-hydrogen) atoms. The zero-order valence-corrected chi connectivity index (χ0v) is 12.2. The molecule has 0 saturated carbocycles. The van der Waals surface area contributed by atoms with Gasteiger partial charge in [0.1, 0.15) is 0 Å². The molecule has 0 spiro atoms. The topological polar surface area (TPSA) is 24.9 Å². The Labute approximate surface area is 127 Å². The van der Waals surface area contributed by atoms with E-state index in [1.54, 1.807) is 11.3 Å². The standard InChI is InChI=1S/C18H14N2S/c1-2-7-18-16(5-1)14(12-21-18)11-20-17-6-3-4-13-10-19-9-8-15(13)17/h1-10,12,20H,11H2. The van der Waals surface area contributed by atoms with Gasteiger partial charge < -0.3 is 5.32 Å². The number of fused-ring (bicyclic) bond motifs is 2. The molecule has 0 amide bonds. The molecule has 4 aromatic rings. The number of aromatic nitrogens is 1. The molecule has 2 nitrogen and oxygen atoms in total. The Bertz CT molecular complexity index is 906. The van der Waals surface area contributed by atoms with Crippen LogP contribution in [0.4, 0.5) is 5.69 Å². The van der Waals surface area contributed by atoms with E-state index in [0.717, 1.165) is 17.6 Å². The number of anilines is 1. The lowest BCUT2D eigenvalue weighted by Gasteiger charge is -2.09. The van der Waals surface area contributed by atoms with E-state index in [4.69, 9.17) is 0 Å². The first-order valence-electron chi connectivity index (χ1n) is 6.93. The van der Waals surface area contributed by atoms with Crippen molar-refractivity contribution < 1.29 is 0 Å². The number of nitrogens with zero attached hydrogens (tertiary/aromatic N) is 1. The fraction of sp³-hybridized carbons (Fsp3) is 0.0556. The lowest BCUT2D eigenvalue weighted by atomic mass is 10.1. The van der Waals surface area contributed by atoms with E-state index in [0.29, 0.717) is 0 Å². The molecule has 0 unspecified atom stereocenters. The summed E-state index contributed by atoms with van der Waals surface area (Å²) in [6, 6.07) is 16.9. The van der Waals surface area contributed by atoms with Gasteiger partial charge in [-0.1, -0.05) is 30.3 Å². The maximum atomic E-state index is 4.18. The third-order valence-electron chi connectivity index (χ3n) is 3.71. The van der Waals surface area contributed by atoms with Gasteiger partial charge in [0.2, 0.25) is 0 Å². The highest BCUT2D eigenvalue weighted by molar-refractivity contribution is 7.17. The Morgan fingerprint density at radius 2 is 1.90 bits per heavy atom. The molecular formula is C18H14N2S. The van der Waals surface area contributed by atoms with E-state index in [1.807, 2.05) is 12.4 Å². The molecule has 0 radical (unpaired) electrons. The summed E-state index contributed by atoms with van der Waals surface area (Å²) >= 11 is 1.80. The smallest absolute Gasteiger partial charge is 0.0423 e. The minimum absolute atomic E-state index is 0.839. The van der Waals surface area contributed by atoms with Crippen LogP contribution in [0.1, 0.15) is 5.56 Å². The van der Waals surface area contributed by atoms with Crippen molar-refractivity contribution >= 4 is 37.9 Å². The Morgan fingerprint density at radius 3 is 2.90 bits per heavy atom. The minimum atomic E-state index is 0.839. The van der Waals surface area contributed by atoms with E-state index in [9.17, 15) is 0 Å². The molecule has 102 valence electrons. The van der Waals surface area contributed by atoms with Crippen LogP contribution >= 0.6 is 11.3 Å². The molecule has 0 aliphatic heterocycles. The molecule has 2 aromatic heterocycles. The highest BCUT2D eigenvalue weighted by Crippen LogP contribution is 2.28. The molecule has 0 saturated heterocycles. The molecular weight excluding hydrogens is 276 g/mol. The average molecular weight is 290 g/mol. The van der Waals surface area contributed by atoms with Gasteiger partial charge in [0.15, 0.2) is 0 Å². The second-order valence-electron chi connectivity index (χ2n) is 5.01. The fourth-order valence-electron chi connectivity index (χ4n) is 2.64. The summed E-state index contributed by atoms with van der Waals surface area (Å²) in [5.41, 5.74) is 2.51. The van der Waals surface area contributed by atoms with E-state index in [1.165, 1.54) is 21.0 Å². The largest absolute Gasteiger partial charge is 0.380 e. The number of nitrogens with one attached hydrogen (secondary N) is 1. The summed E-state index contributed by atoms with van der Waals surface area (Å²) in [5.74, 6) is 0. The molecule has 2 aromatic carbocycles. The predicted molar refractivity (Wildman–Crippen MR) is 90.9 cm³/mol. The summed E-state index contributed by atoms with van der Waals surface area (Å²) in [7, 11) is 0. The highest BCUT2D eigenvalue weighted by Gasteiger charge is 2.04. The zero-order valence-electron chi connectivity index (χ0n) is 11.4. The first kappa shape index (κ1) is 12.4. The van der Waals surface area contributed by atoms with E-state index >= 15 is 0 Å². The number of hydrogen-bond donors (Lipinski definition) is 1. The maximum absolute atomic E-state index is 4.18. The van der Waals surface area contributed by atoms with Gasteiger partial charge in [0.25, 0.3) is 0 Å². The zero-order chi connectivity index (χ0) is 14.1. The second kappa shape index (κ2) is 5.19. The summed E-state index contributed by atoms with van der Waals surface area (Å²) in [5, 5.41) is 9.53. The SMILES string of the molecule is c1cc(NCc2csc3ccccc23)c2ccncc2c1. The van der Waals surface area contributed by atoms with Crippen LogP contribution in [-0.4, -0.2) is 4.98 Å². The summed E-state index contributed by atoms with van der Waals surface area (Å²) in [6.07, 6.45) is 3.74. The van der Waals surface area contributed by atoms with Crippen molar-refractivity contribution in [1.82, 2.24) is 4.98 Å². The Morgan fingerprint density at radius 1 is 0.952 bits per heavy atom. The molecule has 0 atom stereocenters. The van der Waals surface area contributed by atoms with Gasteiger partial charge >= 0.3 is 0 Å². The van der Waals surface area contributed by atoms with Crippen molar-refractivity contribution in [3.8, 4) is 0 Å². The number of thiophene rings is 1. The van der Waals surface area contributed by atoms with Crippen molar-refractivity contribution in [3.63, 3.8) is 0 Å². The van der Waals surface area contributed by atoms with Gasteiger partial charge in [-0.15, -0.1) is 11.3 Å². The van der Waals surface area contributed by atoms with Crippen molar-refractivity contribution in [1.29, 1.82) is 0 Å². The number of rotatable bonds is 3. The summed E-state index contributed by atoms with van der Waals surface area (Å²) in [4.78, 5) is 4.18. The molecule has 0 aliphatic carbocycles. The predicted octanol–water partition coefficient (Wildman–Crippen LogP) is 5.06. The minimum Gasteiger partial charge on any atom is -0.380 e. The normalized spacial score (nSPS) is 11.0. The summed E-state index contributed by atoms with van der Waals surface area (Å²) < 4.78 is 1.34. The van der Waals surface area contributed by atoms with Gasteiger partial charge in [-0.25, -0.2) is 0 Å². The van der Waals surface area contributed by atoms with E-state index < -0.39 is 0 Å². The molecule has 4 rings (SSSR count). The van der Waals surface area contributed by atoms with Gasteiger partial charge in [-0.3, -0.25) is 4.98 Å². The number of pyridine rings is 1. The van der Waals surface area contributed by atoms with Gasteiger partial charge in [0, 0.05) is 40.1 Å². The van der Waals surface area contributed by atoms with E-state index in [-0.39, 0.29) is 0 Å². The van der Waals surface area contributed by atoms with Crippen LogP contribution in [0.3, 0.4) is 0 Å². The van der Waals surface area contributed by atoms with Crippen molar-refractivity contribution in [2.24, 2.45) is 0 Å². The third kappa shape index (κ3) is 2.26.